The molecule has 5 rings (SSSR count). The zero-order chi connectivity index (χ0) is 22.8. The summed E-state index contributed by atoms with van der Waals surface area (Å²) in [5, 5.41) is 0.678. The second-order valence-electron chi connectivity index (χ2n) is 8.18. The predicted octanol–water partition coefficient (Wildman–Crippen LogP) is 6.87. The van der Waals surface area contributed by atoms with Crippen molar-refractivity contribution < 1.29 is 9.21 Å². The maximum atomic E-state index is 14.3. The van der Waals surface area contributed by atoms with Crippen molar-refractivity contribution in [2.24, 2.45) is 0 Å². The molecule has 0 unspecified atom stereocenters. The third-order valence-corrected chi connectivity index (χ3v) is 6.94. The standard InChI is InChI=1S/C28H24N2O2S/c1-19-16-20(2)26-24(17-19)29-28(33-26)30(18-23-14-9-15-32-23)27(31)25(21-10-5-3-6-11-21)22-12-7-4-8-13-22/h3-17,25H,18H2,1-2H3. The van der Waals surface area contributed by atoms with Crippen molar-refractivity contribution in [2.75, 3.05) is 4.90 Å². The normalized spacial score (nSPS) is 11.2. The topological polar surface area (TPSA) is 46.3 Å². The zero-order valence-electron chi connectivity index (χ0n) is 18.6. The maximum Gasteiger partial charge on any atom is 0.241 e. The first-order valence-electron chi connectivity index (χ1n) is 10.9. The number of nitrogens with zero attached hydrogens (tertiary/aromatic N) is 2. The monoisotopic (exact) mass is 452 g/mol. The first-order chi connectivity index (χ1) is 16.1. The smallest absolute Gasteiger partial charge is 0.241 e. The molecule has 2 heterocycles. The van der Waals surface area contributed by atoms with Gasteiger partial charge in [-0.05, 0) is 54.3 Å². The van der Waals surface area contributed by atoms with Gasteiger partial charge in [0.2, 0.25) is 5.91 Å². The number of thiazole rings is 1. The molecule has 0 saturated carbocycles. The Bertz CT molecular complexity index is 1340. The minimum Gasteiger partial charge on any atom is -0.467 e. The Morgan fingerprint density at radius 3 is 2.21 bits per heavy atom. The van der Waals surface area contributed by atoms with E-state index in [0.717, 1.165) is 32.7 Å². The molecule has 0 saturated heterocycles. The quantitative estimate of drug-likeness (QED) is 0.282. The second-order valence-corrected chi connectivity index (χ2v) is 9.16. The van der Waals surface area contributed by atoms with Crippen molar-refractivity contribution in [2.45, 2.75) is 26.3 Å². The van der Waals surface area contributed by atoms with E-state index >= 15 is 0 Å². The fourth-order valence-electron chi connectivity index (χ4n) is 4.20. The fraction of sp³-hybridized carbons (Fsp3) is 0.143. The Morgan fingerprint density at radius 1 is 0.939 bits per heavy atom. The lowest BCUT2D eigenvalue weighted by Crippen LogP contribution is -2.35. The van der Waals surface area contributed by atoms with Crippen molar-refractivity contribution >= 4 is 32.6 Å². The highest BCUT2D eigenvalue weighted by Gasteiger charge is 2.31. The fourth-order valence-corrected chi connectivity index (χ4v) is 5.22. The number of amides is 1. The highest BCUT2D eigenvalue weighted by Crippen LogP contribution is 2.36. The summed E-state index contributed by atoms with van der Waals surface area (Å²) in [6.07, 6.45) is 1.63. The molecule has 0 aliphatic rings. The summed E-state index contributed by atoms with van der Waals surface area (Å²) in [7, 11) is 0. The molecule has 164 valence electrons. The van der Waals surface area contributed by atoms with Crippen LogP contribution in [0.2, 0.25) is 0 Å². The molecule has 2 aromatic heterocycles. The lowest BCUT2D eigenvalue weighted by Gasteiger charge is -2.25. The van der Waals surface area contributed by atoms with Crippen LogP contribution in [-0.4, -0.2) is 10.9 Å². The first kappa shape index (κ1) is 21.2. The van der Waals surface area contributed by atoms with Crippen molar-refractivity contribution in [1.82, 2.24) is 4.98 Å². The van der Waals surface area contributed by atoms with Crippen LogP contribution in [-0.2, 0) is 11.3 Å². The molecule has 4 nitrogen and oxygen atoms in total. The van der Waals surface area contributed by atoms with Gasteiger partial charge in [-0.25, -0.2) is 4.98 Å². The SMILES string of the molecule is Cc1cc(C)c2sc(N(Cc3ccco3)C(=O)C(c3ccccc3)c3ccccc3)nc2c1. The lowest BCUT2D eigenvalue weighted by molar-refractivity contribution is -0.119. The van der Waals surface area contributed by atoms with Crippen LogP contribution in [0.5, 0.6) is 0 Å². The molecule has 0 N–H and O–H groups in total. The van der Waals surface area contributed by atoms with Crippen LogP contribution in [0, 0.1) is 13.8 Å². The van der Waals surface area contributed by atoms with Gasteiger partial charge in [0.05, 0.1) is 28.9 Å². The van der Waals surface area contributed by atoms with Gasteiger partial charge in [-0.3, -0.25) is 9.69 Å². The molecule has 0 aliphatic carbocycles. The van der Waals surface area contributed by atoms with Gasteiger partial charge in [-0.2, -0.15) is 0 Å². The lowest BCUT2D eigenvalue weighted by atomic mass is 9.90. The van der Waals surface area contributed by atoms with Crippen LogP contribution in [0.25, 0.3) is 10.2 Å². The summed E-state index contributed by atoms with van der Waals surface area (Å²) < 4.78 is 6.73. The van der Waals surface area contributed by atoms with Gasteiger partial charge in [0, 0.05) is 0 Å². The zero-order valence-corrected chi connectivity index (χ0v) is 19.4. The average Bonchev–Trinajstić information content (AvgIpc) is 3.49. The number of carbonyl (C=O) groups is 1. The largest absolute Gasteiger partial charge is 0.467 e. The number of carbonyl (C=O) groups excluding carboxylic acids is 1. The minimum absolute atomic E-state index is 0.0303. The van der Waals surface area contributed by atoms with E-state index < -0.39 is 5.92 Å². The molecule has 33 heavy (non-hydrogen) atoms. The molecule has 5 aromatic rings. The van der Waals surface area contributed by atoms with Crippen molar-refractivity contribution in [3.05, 3.63) is 119 Å². The number of fused-ring (bicyclic) bond motifs is 1. The van der Waals surface area contributed by atoms with Crippen LogP contribution in [0.3, 0.4) is 0 Å². The van der Waals surface area contributed by atoms with E-state index in [1.807, 2.05) is 72.8 Å². The van der Waals surface area contributed by atoms with E-state index in [9.17, 15) is 4.79 Å². The summed E-state index contributed by atoms with van der Waals surface area (Å²) in [6.45, 7) is 4.48. The molecule has 0 fully saturated rings. The molecule has 0 aliphatic heterocycles. The minimum atomic E-state index is -0.447. The number of benzene rings is 3. The van der Waals surface area contributed by atoms with E-state index in [-0.39, 0.29) is 5.91 Å². The third kappa shape index (κ3) is 4.32. The molecular formula is C28H24N2O2S. The molecular weight excluding hydrogens is 428 g/mol. The van der Waals surface area contributed by atoms with Crippen LogP contribution < -0.4 is 4.90 Å². The summed E-state index contributed by atoms with van der Waals surface area (Å²) >= 11 is 1.55. The maximum absolute atomic E-state index is 14.3. The number of rotatable bonds is 6. The number of hydrogen-bond acceptors (Lipinski definition) is 4. The van der Waals surface area contributed by atoms with E-state index in [2.05, 4.69) is 26.0 Å². The molecule has 1 amide bonds. The Labute approximate surface area is 197 Å². The Kier molecular flexibility index (Phi) is 5.80. The van der Waals surface area contributed by atoms with E-state index in [4.69, 9.17) is 9.40 Å². The number of anilines is 1. The van der Waals surface area contributed by atoms with Gasteiger partial charge in [0.15, 0.2) is 5.13 Å². The highest BCUT2D eigenvalue weighted by molar-refractivity contribution is 7.22. The number of aryl methyl sites for hydroxylation is 2. The molecule has 0 spiro atoms. The molecule has 0 bridgehead atoms. The van der Waals surface area contributed by atoms with Gasteiger partial charge >= 0.3 is 0 Å². The highest BCUT2D eigenvalue weighted by atomic mass is 32.1. The molecule has 0 atom stereocenters. The van der Waals surface area contributed by atoms with Crippen molar-refractivity contribution in [3.63, 3.8) is 0 Å². The van der Waals surface area contributed by atoms with Crippen LogP contribution >= 0.6 is 11.3 Å². The van der Waals surface area contributed by atoms with E-state index in [0.29, 0.717) is 11.7 Å². The summed E-state index contributed by atoms with van der Waals surface area (Å²) in [5.74, 6) is 0.241. The van der Waals surface area contributed by atoms with Crippen molar-refractivity contribution in [1.29, 1.82) is 0 Å². The molecule has 0 radical (unpaired) electrons. The summed E-state index contributed by atoms with van der Waals surface area (Å²) in [6, 6.07) is 27.8. The second kappa shape index (κ2) is 9.04. The summed E-state index contributed by atoms with van der Waals surface area (Å²) in [4.78, 5) is 20.9. The third-order valence-electron chi connectivity index (χ3n) is 5.71. The van der Waals surface area contributed by atoms with Gasteiger partial charge in [0.25, 0.3) is 0 Å². The first-order valence-corrected chi connectivity index (χ1v) is 11.7. The Balaban J connectivity index is 1.64. The number of aromatic nitrogens is 1. The van der Waals surface area contributed by atoms with Crippen LogP contribution in [0.15, 0.2) is 95.6 Å². The number of hydrogen-bond donors (Lipinski definition) is 0. The van der Waals surface area contributed by atoms with Gasteiger partial charge < -0.3 is 4.42 Å². The van der Waals surface area contributed by atoms with E-state index in [1.165, 1.54) is 5.56 Å². The van der Waals surface area contributed by atoms with Crippen LogP contribution in [0.4, 0.5) is 5.13 Å². The Hall–Kier alpha value is -3.70. The van der Waals surface area contributed by atoms with Crippen molar-refractivity contribution in [3.8, 4) is 0 Å². The van der Waals surface area contributed by atoms with Crippen LogP contribution in [0.1, 0.15) is 33.9 Å². The van der Waals surface area contributed by atoms with Gasteiger partial charge in [-0.1, -0.05) is 78.1 Å². The van der Waals surface area contributed by atoms with E-state index in [1.54, 1.807) is 22.5 Å². The molecule has 3 aromatic carbocycles. The van der Waals surface area contributed by atoms with Gasteiger partial charge in [0.1, 0.15) is 5.76 Å². The average molecular weight is 453 g/mol. The summed E-state index contributed by atoms with van der Waals surface area (Å²) in [5.41, 5.74) is 5.15. The Morgan fingerprint density at radius 2 is 1.61 bits per heavy atom. The predicted molar refractivity (Wildman–Crippen MR) is 134 cm³/mol. The molecule has 5 heteroatoms. The van der Waals surface area contributed by atoms with Gasteiger partial charge in [-0.15, -0.1) is 0 Å². The number of furan rings is 1.